The van der Waals surface area contributed by atoms with E-state index in [1.54, 1.807) is 0 Å². The molecule has 90 valence electrons. The molecule has 0 aliphatic carbocycles. The molecule has 4 heteroatoms. The molecule has 0 radical (unpaired) electrons. The summed E-state index contributed by atoms with van der Waals surface area (Å²) in [7, 11) is 0. The minimum absolute atomic E-state index is 0.755. The molecule has 2 aromatic carbocycles. The van der Waals surface area contributed by atoms with Gasteiger partial charge in [0, 0.05) is 17.0 Å². The number of rotatable bonds is 3. The molecule has 18 heavy (non-hydrogen) atoms. The van der Waals surface area contributed by atoms with Crippen molar-refractivity contribution in [2.24, 2.45) is 0 Å². The first-order chi connectivity index (χ1) is 8.83. The molecule has 1 heterocycles. The second kappa shape index (κ2) is 4.96. The van der Waals surface area contributed by atoms with Gasteiger partial charge in [0.2, 0.25) is 0 Å². The molecule has 0 unspecified atom stereocenters. The van der Waals surface area contributed by atoms with Crippen molar-refractivity contribution in [1.29, 1.82) is 0 Å². The van der Waals surface area contributed by atoms with Crippen molar-refractivity contribution < 1.29 is 0 Å². The van der Waals surface area contributed by atoms with Gasteiger partial charge < -0.3 is 5.32 Å². The molecule has 0 saturated heterocycles. The summed E-state index contributed by atoms with van der Waals surface area (Å²) in [6, 6.07) is 16.1. The summed E-state index contributed by atoms with van der Waals surface area (Å²) in [4.78, 5) is 0. The first-order valence-corrected chi connectivity index (χ1v) is 6.81. The zero-order valence-electron chi connectivity index (χ0n) is 9.56. The molecule has 0 atom stereocenters. The van der Waals surface area contributed by atoms with Crippen LogP contribution in [0.15, 0.2) is 48.5 Å². The molecule has 0 fully saturated rings. The number of benzene rings is 2. The van der Waals surface area contributed by atoms with Crippen LogP contribution < -0.4 is 5.32 Å². The third kappa shape index (κ3) is 2.33. The van der Waals surface area contributed by atoms with Gasteiger partial charge in [0.05, 0.1) is 4.70 Å². The lowest BCUT2D eigenvalue weighted by atomic mass is 10.2. The summed E-state index contributed by atoms with van der Waals surface area (Å²) in [5, 5.41) is 5.30. The fraction of sp³-hybridized carbons (Fsp3) is 0.0714. The third-order valence-corrected chi connectivity index (χ3v) is 3.83. The lowest BCUT2D eigenvalue weighted by molar-refractivity contribution is 1.14. The minimum Gasteiger partial charge on any atom is -0.365 e. The van der Waals surface area contributed by atoms with Gasteiger partial charge in [-0.2, -0.15) is 4.37 Å². The summed E-state index contributed by atoms with van der Waals surface area (Å²) < 4.78 is 5.64. The fourth-order valence-electron chi connectivity index (χ4n) is 1.80. The van der Waals surface area contributed by atoms with Crippen molar-refractivity contribution in [2.45, 2.75) is 6.54 Å². The maximum absolute atomic E-state index is 5.86. The Labute approximate surface area is 114 Å². The Morgan fingerprint density at radius 3 is 2.67 bits per heavy atom. The summed E-state index contributed by atoms with van der Waals surface area (Å²) in [5.74, 6) is 0.950. The van der Waals surface area contributed by atoms with E-state index < -0.39 is 0 Å². The summed E-state index contributed by atoms with van der Waals surface area (Å²) in [5.41, 5.74) is 1.19. The molecule has 1 aromatic heterocycles. The highest BCUT2D eigenvalue weighted by Crippen LogP contribution is 2.26. The molecular weight excluding hydrogens is 264 g/mol. The van der Waals surface area contributed by atoms with Crippen molar-refractivity contribution >= 4 is 39.0 Å². The van der Waals surface area contributed by atoms with Crippen molar-refractivity contribution in [3.05, 3.63) is 59.1 Å². The number of fused-ring (bicyclic) bond motifs is 1. The number of aromatic nitrogens is 1. The first kappa shape index (κ1) is 11.5. The molecule has 0 saturated carbocycles. The molecule has 0 amide bonds. The Bertz CT molecular complexity index is 661. The monoisotopic (exact) mass is 274 g/mol. The number of halogens is 1. The largest absolute Gasteiger partial charge is 0.365 e. The van der Waals surface area contributed by atoms with Gasteiger partial charge in [0.1, 0.15) is 5.82 Å². The molecule has 0 aliphatic heterocycles. The van der Waals surface area contributed by atoms with Crippen molar-refractivity contribution in [3.63, 3.8) is 0 Å². The van der Waals surface area contributed by atoms with E-state index in [-0.39, 0.29) is 0 Å². The van der Waals surface area contributed by atoms with Gasteiger partial charge in [-0.1, -0.05) is 35.9 Å². The van der Waals surface area contributed by atoms with Crippen LogP contribution in [0.3, 0.4) is 0 Å². The Balaban J connectivity index is 1.79. The Kier molecular flexibility index (Phi) is 3.17. The SMILES string of the molecule is Clc1ccc(CNc2nsc3ccccc23)cc1. The second-order valence-corrected chi connectivity index (χ2v) is 5.25. The number of nitrogens with one attached hydrogen (secondary N) is 1. The van der Waals surface area contributed by atoms with Crippen LogP contribution in [0.5, 0.6) is 0 Å². The van der Waals surface area contributed by atoms with E-state index in [0.717, 1.165) is 17.4 Å². The number of hydrogen-bond acceptors (Lipinski definition) is 3. The highest BCUT2D eigenvalue weighted by Gasteiger charge is 2.04. The predicted molar refractivity (Wildman–Crippen MR) is 78.4 cm³/mol. The van der Waals surface area contributed by atoms with Crippen LogP contribution in [-0.4, -0.2) is 4.37 Å². The molecule has 1 N–H and O–H groups in total. The van der Waals surface area contributed by atoms with Gasteiger partial charge in [-0.3, -0.25) is 0 Å². The van der Waals surface area contributed by atoms with E-state index >= 15 is 0 Å². The molecular formula is C14H11ClN2S. The molecule has 0 bridgehead atoms. The number of hydrogen-bond donors (Lipinski definition) is 1. The topological polar surface area (TPSA) is 24.9 Å². The van der Waals surface area contributed by atoms with Gasteiger partial charge in [-0.15, -0.1) is 0 Å². The van der Waals surface area contributed by atoms with Crippen molar-refractivity contribution in [1.82, 2.24) is 4.37 Å². The third-order valence-electron chi connectivity index (χ3n) is 2.75. The molecule has 3 rings (SSSR count). The normalized spacial score (nSPS) is 10.7. The van der Waals surface area contributed by atoms with Gasteiger partial charge in [-0.25, -0.2) is 0 Å². The molecule has 3 aromatic rings. The van der Waals surface area contributed by atoms with E-state index in [1.807, 2.05) is 36.4 Å². The second-order valence-electron chi connectivity index (χ2n) is 4.01. The highest BCUT2D eigenvalue weighted by molar-refractivity contribution is 7.13. The van der Waals surface area contributed by atoms with Crippen molar-refractivity contribution in [2.75, 3.05) is 5.32 Å². The van der Waals surface area contributed by atoms with E-state index in [1.165, 1.54) is 27.2 Å². The summed E-state index contributed by atoms with van der Waals surface area (Å²) >= 11 is 7.38. The zero-order valence-corrected chi connectivity index (χ0v) is 11.1. The number of nitrogens with zero attached hydrogens (tertiary/aromatic N) is 1. The summed E-state index contributed by atoms with van der Waals surface area (Å²) in [6.45, 7) is 0.755. The van der Waals surface area contributed by atoms with Crippen LogP contribution in [0.1, 0.15) is 5.56 Å². The minimum atomic E-state index is 0.755. The standard InChI is InChI=1S/C14H11ClN2S/c15-11-7-5-10(6-8-11)9-16-14-12-3-1-2-4-13(12)18-17-14/h1-8H,9H2,(H,16,17). The van der Waals surface area contributed by atoms with Gasteiger partial charge >= 0.3 is 0 Å². The molecule has 2 nitrogen and oxygen atoms in total. The van der Waals surface area contributed by atoms with Gasteiger partial charge in [-0.05, 0) is 41.4 Å². The van der Waals surface area contributed by atoms with E-state index in [9.17, 15) is 0 Å². The average molecular weight is 275 g/mol. The van der Waals surface area contributed by atoms with E-state index in [2.05, 4.69) is 21.8 Å². The van der Waals surface area contributed by atoms with Crippen LogP contribution in [0.2, 0.25) is 5.02 Å². The molecule has 0 aliphatic rings. The fourth-order valence-corrected chi connectivity index (χ4v) is 2.68. The maximum Gasteiger partial charge on any atom is 0.147 e. The summed E-state index contributed by atoms with van der Waals surface area (Å²) in [6.07, 6.45) is 0. The van der Waals surface area contributed by atoms with Crippen LogP contribution in [0, 0.1) is 0 Å². The Morgan fingerprint density at radius 1 is 1.06 bits per heavy atom. The smallest absolute Gasteiger partial charge is 0.147 e. The van der Waals surface area contributed by atoms with Crippen LogP contribution in [0.25, 0.3) is 10.1 Å². The first-order valence-electron chi connectivity index (χ1n) is 5.66. The van der Waals surface area contributed by atoms with E-state index in [0.29, 0.717) is 0 Å². The van der Waals surface area contributed by atoms with Crippen molar-refractivity contribution in [3.8, 4) is 0 Å². The molecule has 0 spiro atoms. The predicted octanol–water partition coefficient (Wildman–Crippen LogP) is 4.56. The average Bonchev–Trinajstić information content (AvgIpc) is 2.82. The Hall–Kier alpha value is -1.58. The van der Waals surface area contributed by atoms with E-state index in [4.69, 9.17) is 11.6 Å². The van der Waals surface area contributed by atoms with Gasteiger partial charge in [0.15, 0.2) is 0 Å². The quantitative estimate of drug-likeness (QED) is 0.757. The number of anilines is 1. The lowest BCUT2D eigenvalue weighted by Gasteiger charge is -2.04. The Morgan fingerprint density at radius 2 is 1.83 bits per heavy atom. The van der Waals surface area contributed by atoms with Crippen LogP contribution in [0.4, 0.5) is 5.82 Å². The highest BCUT2D eigenvalue weighted by atomic mass is 35.5. The zero-order chi connectivity index (χ0) is 12.4. The maximum atomic E-state index is 5.86. The lowest BCUT2D eigenvalue weighted by Crippen LogP contribution is -1.99. The van der Waals surface area contributed by atoms with Crippen LogP contribution in [-0.2, 0) is 6.54 Å². The van der Waals surface area contributed by atoms with Crippen LogP contribution >= 0.6 is 23.1 Å². The van der Waals surface area contributed by atoms with Gasteiger partial charge in [0.25, 0.3) is 0 Å².